The zero-order valence-electron chi connectivity index (χ0n) is 15.4. The van der Waals surface area contributed by atoms with Gasteiger partial charge in [-0.25, -0.2) is 0 Å². The molecule has 6 nitrogen and oxygen atoms in total. The molecule has 140 valence electrons. The molecular weight excluding hydrogens is 318 g/mol. The van der Waals surface area contributed by atoms with Crippen LogP contribution in [0.5, 0.6) is 0 Å². The predicted molar refractivity (Wildman–Crippen MR) is 94.1 cm³/mol. The Morgan fingerprint density at radius 2 is 1.72 bits per heavy atom. The molecule has 25 heavy (non-hydrogen) atoms. The summed E-state index contributed by atoms with van der Waals surface area (Å²) in [6.07, 6.45) is 4.51. The first-order valence-electron chi connectivity index (χ1n) is 9.82. The summed E-state index contributed by atoms with van der Waals surface area (Å²) in [5.74, 6) is 0.715. The van der Waals surface area contributed by atoms with Gasteiger partial charge in [0, 0.05) is 32.2 Å². The lowest BCUT2D eigenvalue weighted by molar-refractivity contribution is -0.168. The molecule has 2 unspecified atom stereocenters. The van der Waals surface area contributed by atoms with E-state index in [4.69, 9.17) is 0 Å². The maximum absolute atomic E-state index is 13.1. The molecule has 4 bridgehead atoms. The highest BCUT2D eigenvalue weighted by atomic mass is 16.4. The van der Waals surface area contributed by atoms with Gasteiger partial charge in [-0.05, 0) is 63.7 Å². The highest BCUT2D eigenvalue weighted by Crippen LogP contribution is 2.60. The smallest absolute Gasteiger partial charge is 0.309 e. The van der Waals surface area contributed by atoms with E-state index >= 15 is 0 Å². The number of nitrogens with one attached hydrogen (secondary N) is 2. The Kier molecular flexibility index (Phi) is 4.11. The summed E-state index contributed by atoms with van der Waals surface area (Å²) < 4.78 is 0. The fourth-order valence-electron chi connectivity index (χ4n) is 6.22. The van der Waals surface area contributed by atoms with Gasteiger partial charge in [-0.3, -0.25) is 14.5 Å². The van der Waals surface area contributed by atoms with Gasteiger partial charge in [-0.15, -0.1) is 0 Å². The molecule has 0 radical (unpaired) electrons. The Labute approximate surface area is 149 Å². The number of rotatable bonds is 4. The minimum Gasteiger partial charge on any atom is -0.481 e. The van der Waals surface area contributed by atoms with Crippen LogP contribution in [0.4, 0.5) is 0 Å². The molecule has 1 aliphatic heterocycles. The molecule has 0 spiro atoms. The Bertz CT molecular complexity index is 554. The van der Waals surface area contributed by atoms with Gasteiger partial charge in [0.05, 0.1) is 11.0 Å². The Hall–Kier alpha value is -1.14. The van der Waals surface area contributed by atoms with E-state index in [2.05, 4.69) is 15.5 Å². The minimum atomic E-state index is -0.613. The highest BCUT2D eigenvalue weighted by Gasteiger charge is 2.59. The number of piperazine rings is 1. The first-order chi connectivity index (χ1) is 11.8. The summed E-state index contributed by atoms with van der Waals surface area (Å²) in [4.78, 5) is 27.2. The molecule has 2 atom stereocenters. The van der Waals surface area contributed by atoms with Gasteiger partial charge < -0.3 is 15.7 Å². The van der Waals surface area contributed by atoms with Crippen LogP contribution in [0, 0.1) is 23.2 Å². The van der Waals surface area contributed by atoms with Crippen molar-refractivity contribution in [3.05, 3.63) is 0 Å². The molecule has 4 saturated carbocycles. The van der Waals surface area contributed by atoms with Crippen molar-refractivity contribution in [2.24, 2.45) is 23.2 Å². The molecular formula is C19H31N3O3. The third-order valence-electron chi connectivity index (χ3n) is 7.49. The van der Waals surface area contributed by atoms with Crippen LogP contribution in [0.25, 0.3) is 0 Å². The molecule has 1 amide bonds. The van der Waals surface area contributed by atoms with Crippen LogP contribution >= 0.6 is 0 Å². The maximum Gasteiger partial charge on any atom is 0.309 e. The lowest BCUT2D eigenvalue weighted by Crippen LogP contribution is -2.65. The van der Waals surface area contributed by atoms with Gasteiger partial charge in [0.25, 0.3) is 0 Å². The van der Waals surface area contributed by atoms with Crippen LogP contribution in [-0.2, 0) is 9.59 Å². The van der Waals surface area contributed by atoms with Crippen LogP contribution in [0.15, 0.2) is 0 Å². The van der Waals surface area contributed by atoms with Crippen molar-refractivity contribution in [3.8, 4) is 0 Å². The quantitative estimate of drug-likeness (QED) is 0.707. The number of carboxylic acid groups (broad SMARTS) is 1. The molecule has 3 N–H and O–H groups in total. The van der Waals surface area contributed by atoms with E-state index in [0.29, 0.717) is 17.8 Å². The summed E-state index contributed by atoms with van der Waals surface area (Å²) in [7, 11) is 0. The van der Waals surface area contributed by atoms with E-state index in [-0.39, 0.29) is 11.9 Å². The normalized spacial score (nSPS) is 40.9. The summed E-state index contributed by atoms with van der Waals surface area (Å²) in [5.41, 5.74) is -1.02. The second-order valence-electron chi connectivity index (χ2n) is 9.35. The minimum absolute atomic E-state index is 0.108. The number of amides is 1. The van der Waals surface area contributed by atoms with Crippen LogP contribution in [0.3, 0.4) is 0 Å². The largest absolute Gasteiger partial charge is 0.481 e. The number of carbonyl (C=O) groups excluding carboxylic acids is 1. The first kappa shape index (κ1) is 17.3. The fraction of sp³-hybridized carbons (Fsp3) is 0.895. The second kappa shape index (κ2) is 5.95. The molecule has 6 heteroatoms. The highest BCUT2D eigenvalue weighted by molar-refractivity contribution is 5.86. The molecule has 5 aliphatic rings. The van der Waals surface area contributed by atoms with Crippen molar-refractivity contribution in [2.45, 2.75) is 57.5 Å². The van der Waals surface area contributed by atoms with Crippen LogP contribution in [-0.4, -0.2) is 59.6 Å². The zero-order valence-corrected chi connectivity index (χ0v) is 15.4. The summed E-state index contributed by atoms with van der Waals surface area (Å²) in [6, 6.07) is 0.165. The second-order valence-corrected chi connectivity index (χ2v) is 9.35. The first-order valence-corrected chi connectivity index (χ1v) is 9.82. The third kappa shape index (κ3) is 2.78. The topological polar surface area (TPSA) is 81.7 Å². The van der Waals surface area contributed by atoms with Crippen molar-refractivity contribution in [1.29, 1.82) is 0 Å². The molecule has 5 fully saturated rings. The maximum atomic E-state index is 13.1. The van der Waals surface area contributed by atoms with Crippen LogP contribution in [0.2, 0.25) is 0 Å². The van der Waals surface area contributed by atoms with E-state index in [0.717, 1.165) is 58.3 Å². The molecule has 1 heterocycles. The van der Waals surface area contributed by atoms with Crippen molar-refractivity contribution < 1.29 is 14.7 Å². The van der Waals surface area contributed by atoms with Crippen molar-refractivity contribution >= 4 is 11.9 Å². The SMILES string of the molecule is CC(C)(C(=O)NC1C2CC3CC1CC(C(=O)O)(C3)C2)N1CCNCC1. The van der Waals surface area contributed by atoms with Gasteiger partial charge >= 0.3 is 5.97 Å². The number of hydrogen-bond acceptors (Lipinski definition) is 4. The van der Waals surface area contributed by atoms with E-state index in [1.54, 1.807) is 0 Å². The predicted octanol–water partition coefficient (Wildman–Crippen LogP) is 1.07. The number of carbonyl (C=O) groups is 2. The Morgan fingerprint density at radius 3 is 2.28 bits per heavy atom. The van der Waals surface area contributed by atoms with Crippen LogP contribution < -0.4 is 10.6 Å². The molecule has 1 saturated heterocycles. The molecule has 4 aliphatic carbocycles. The molecule has 0 aromatic rings. The van der Waals surface area contributed by atoms with Gasteiger partial charge in [0.1, 0.15) is 0 Å². The molecule has 0 aromatic heterocycles. The number of aliphatic carboxylic acids is 1. The van der Waals surface area contributed by atoms with E-state index in [1.165, 1.54) is 0 Å². The Morgan fingerprint density at radius 1 is 1.12 bits per heavy atom. The van der Waals surface area contributed by atoms with E-state index in [9.17, 15) is 14.7 Å². The standard InChI is InChI=1S/C19H31N3O3/c1-18(2,22-5-3-20-4-6-22)16(23)21-15-13-7-12-8-14(15)11-19(9-12,10-13)17(24)25/h12-15,20H,3-11H2,1-2H3,(H,21,23)(H,24,25). The van der Waals surface area contributed by atoms with E-state index < -0.39 is 16.9 Å². The van der Waals surface area contributed by atoms with Gasteiger partial charge in [0.2, 0.25) is 5.91 Å². The van der Waals surface area contributed by atoms with Crippen molar-refractivity contribution in [3.63, 3.8) is 0 Å². The van der Waals surface area contributed by atoms with Crippen molar-refractivity contribution in [1.82, 2.24) is 15.5 Å². The average molecular weight is 349 g/mol. The molecule has 0 aromatic carbocycles. The van der Waals surface area contributed by atoms with Crippen molar-refractivity contribution in [2.75, 3.05) is 26.2 Å². The monoisotopic (exact) mass is 349 g/mol. The lowest BCUT2D eigenvalue weighted by Gasteiger charge is -2.58. The Balaban J connectivity index is 1.47. The number of carboxylic acids is 1. The van der Waals surface area contributed by atoms with Gasteiger partial charge in [-0.2, -0.15) is 0 Å². The van der Waals surface area contributed by atoms with E-state index in [1.807, 2.05) is 13.8 Å². The number of nitrogens with zero attached hydrogens (tertiary/aromatic N) is 1. The third-order valence-corrected chi connectivity index (χ3v) is 7.49. The van der Waals surface area contributed by atoms with Gasteiger partial charge in [0.15, 0.2) is 0 Å². The fourth-order valence-corrected chi connectivity index (χ4v) is 6.22. The molecule has 5 rings (SSSR count). The lowest BCUT2D eigenvalue weighted by atomic mass is 9.48. The number of hydrogen-bond donors (Lipinski definition) is 3. The summed E-state index contributed by atoms with van der Waals surface area (Å²) in [6.45, 7) is 7.66. The average Bonchev–Trinajstić information content (AvgIpc) is 2.58. The van der Waals surface area contributed by atoms with Crippen LogP contribution in [0.1, 0.15) is 46.0 Å². The zero-order chi connectivity index (χ0) is 17.8. The van der Waals surface area contributed by atoms with Gasteiger partial charge in [-0.1, -0.05) is 0 Å². The summed E-state index contributed by atoms with van der Waals surface area (Å²) >= 11 is 0. The summed E-state index contributed by atoms with van der Waals surface area (Å²) in [5, 5.41) is 16.4.